The zero-order valence-corrected chi connectivity index (χ0v) is 13.4. The van der Waals surface area contributed by atoms with Gasteiger partial charge in [0.1, 0.15) is 11.4 Å². The van der Waals surface area contributed by atoms with Gasteiger partial charge in [-0.15, -0.1) is 0 Å². The molecular formula is C18H20ClNO. The second kappa shape index (κ2) is 5.04. The molecule has 1 heterocycles. The normalized spacial score (nSPS) is 17.2. The number of hydrogen-bond donors (Lipinski definition) is 1. The number of rotatable bonds is 2. The van der Waals surface area contributed by atoms with E-state index in [4.69, 9.17) is 22.1 Å². The number of hydrogen-bond acceptors (Lipinski definition) is 2. The number of ether oxygens (including phenoxy) is 1. The third-order valence-electron chi connectivity index (χ3n) is 4.09. The van der Waals surface area contributed by atoms with Crippen molar-refractivity contribution in [3.63, 3.8) is 0 Å². The maximum Gasteiger partial charge on any atom is 0.123 e. The summed E-state index contributed by atoms with van der Waals surface area (Å²) in [5, 5.41) is 0.758. The van der Waals surface area contributed by atoms with Gasteiger partial charge >= 0.3 is 0 Å². The van der Waals surface area contributed by atoms with Crippen molar-refractivity contribution in [2.75, 3.05) is 0 Å². The maximum atomic E-state index is 6.45. The summed E-state index contributed by atoms with van der Waals surface area (Å²) in [6, 6.07) is 12.0. The minimum atomic E-state index is -0.169. The average Bonchev–Trinajstić information content (AvgIpc) is 2.73. The second-order valence-electron chi connectivity index (χ2n) is 6.34. The Hall–Kier alpha value is -1.51. The van der Waals surface area contributed by atoms with E-state index in [1.165, 1.54) is 5.56 Å². The van der Waals surface area contributed by atoms with Crippen molar-refractivity contribution in [2.45, 2.75) is 38.8 Å². The molecule has 0 amide bonds. The average molecular weight is 302 g/mol. The molecule has 0 fully saturated rings. The summed E-state index contributed by atoms with van der Waals surface area (Å²) in [6.07, 6.45) is 0.914. The first kappa shape index (κ1) is 14.4. The molecule has 21 heavy (non-hydrogen) atoms. The van der Waals surface area contributed by atoms with Crippen LogP contribution in [0.1, 0.15) is 42.1 Å². The molecule has 1 atom stereocenters. The molecule has 0 aliphatic carbocycles. The van der Waals surface area contributed by atoms with Crippen molar-refractivity contribution in [1.29, 1.82) is 0 Å². The lowest BCUT2D eigenvalue weighted by atomic mass is 9.93. The molecule has 2 N–H and O–H groups in total. The molecule has 0 spiro atoms. The SMILES string of the molecule is Cc1c(Cl)cccc1C(N)c1ccc2c(c1)CC(C)(C)O2. The lowest BCUT2D eigenvalue weighted by Crippen LogP contribution is -2.24. The summed E-state index contributed by atoms with van der Waals surface area (Å²) in [6.45, 7) is 6.22. The molecule has 2 aromatic rings. The first-order valence-electron chi connectivity index (χ1n) is 7.20. The summed E-state index contributed by atoms with van der Waals surface area (Å²) in [5.41, 5.74) is 10.8. The first-order valence-corrected chi connectivity index (χ1v) is 7.58. The van der Waals surface area contributed by atoms with Crippen molar-refractivity contribution < 1.29 is 4.74 Å². The van der Waals surface area contributed by atoms with Crippen LogP contribution in [0.15, 0.2) is 36.4 Å². The highest BCUT2D eigenvalue weighted by Crippen LogP contribution is 2.37. The van der Waals surface area contributed by atoms with Gasteiger partial charge in [0.2, 0.25) is 0 Å². The Bertz CT molecular complexity index is 694. The van der Waals surface area contributed by atoms with Gasteiger partial charge in [0.25, 0.3) is 0 Å². The summed E-state index contributed by atoms with van der Waals surface area (Å²) in [5.74, 6) is 0.971. The molecule has 0 aromatic heterocycles. The van der Waals surface area contributed by atoms with Gasteiger partial charge in [-0.1, -0.05) is 35.9 Å². The van der Waals surface area contributed by atoms with Crippen LogP contribution in [0.3, 0.4) is 0 Å². The van der Waals surface area contributed by atoms with Crippen molar-refractivity contribution in [3.05, 3.63) is 63.7 Å². The Labute approximate surface area is 130 Å². The van der Waals surface area contributed by atoms with E-state index in [1.807, 2.05) is 37.3 Å². The molecule has 3 heteroatoms. The minimum Gasteiger partial charge on any atom is -0.487 e. The highest BCUT2D eigenvalue weighted by molar-refractivity contribution is 6.31. The predicted octanol–water partition coefficient (Wildman–Crippen LogP) is 4.41. The van der Waals surface area contributed by atoms with Crippen LogP contribution >= 0.6 is 11.6 Å². The third-order valence-corrected chi connectivity index (χ3v) is 4.50. The fourth-order valence-corrected chi connectivity index (χ4v) is 3.15. The smallest absolute Gasteiger partial charge is 0.123 e. The molecule has 0 saturated carbocycles. The molecule has 1 unspecified atom stereocenters. The van der Waals surface area contributed by atoms with Crippen LogP contribution in [0.5, 0.6) is 5.75 Å². The predicted molar refractivity (Wildman–Crippen MR) is 87.1 cm³/mol. The largest absolute Gasteiger partial charge is 0.487 e. The minimum absolute atomic E-state index is 0.128. The second-order valence-corrected chi connectivity index (χ2v) is 6.74. The van der Waals surface area contributed by atoms with Gasteiger partial charge in [0.15, 0.2) is 0 Å². The molecule has 1 aliphatic rings. The van der Waals surface area contributed by atoms with E-state index in [9.17, 15) is 0 Å². The van der Waals surface area contributed by atoms with Crippen LogP contribution < -0.4 is 10.5 Å². The highest BCUT2D eigenvalue weighted by Gasteiger charge is 2.30. The van der Waals surface area contributed by atoms with E-state index in [1.54, 1.807) is 0 Å². The molecule has 0 bridgehead atoms. The number of fused-ring (bicyclic) bond motifs is 1. The molecule has 3 rings (SSSR count). The molecule has 0 radical (unpaired) electrons. The number of benzene rings is 2. The lowest BCUT2D eigenvalue weighted by molar-refractivity contribution is 0.138. The van der Waals surface area contributed by atoms with Crippen LogP contribution in [0.25, 0.3) is 0 Å². The molecular weight excluding hydrogens is 282 g/mol. The van der Waals surface area contributed by atoms with E-state index >= 15 is 0 Å². The quantitative estimate of drug-likeness (QED) is 0.891. The van der Waals surface area contributed by atoms with E-state index in [0.29, 0.717) is 0 Å². The number of nitrogens with two attached hydrogens (primary N) is 1. The van der Waals surface area contributed by atoms with Crippen molar-refractivity contribution in [2.24, 2.45) is 5.73 Å². The zero-order chi connectivity index (χ0) is 15.2. The van der Waals surface area contributed by atoms with Gasteiger partial charge in [-0.05, 0) is 55.2 Å². The van der Waals surface area contributed by atoms with Crippen LogP contribution in [-0.2, 0) is 6.42 Å². The van der Waals surface area contributed by atoms with Gasteiger partial charge in [-0.3, -0.25) is 0 Å². The zero-order valence-electron chi connectivity index (χ0n) is 12.6. The number of halogens is 1. The molecule has 2 aromatic carbocycles. The Balaban J connectivity index is 1.97. The maximum absolute atomic E-state index is 6.45. The monoisotopic (exact) mass is 301 g/mol. The van der Waals surface area contributed by atoms with Crippen LogP contribution in [-0.4, -0.2) is 5.60 Å². The van der Waals surface area contributed by atoms with Crippen molar-refractivity contribution in [1.82, 2.24) is 0 Å². The van der Waals surface area contributed by atoms with Crippen LogP contribution in [0, 0.1) is 6.92 Å². The Kier molecular flexibility index (Phi) is 3.46. The van der Waals surface area contributed by atoms with Crippen molar-refractivity contribution >= 4 is 11.6 Å². The van der Waals surface area contributed by atoms with Crippen LogP contribution in [0.2, 0.25) is 5.02 Å². The van der Waals surface area contributed by atoms with Gasteiger partial charge in [-0.2, -0.15) is 0 Å². The van der Waals surface area contributed by atoms with Crippen LogP contribution in [0.4, 0.5) is 0 Å². The summed E-state index contributed by atoms with van der Waals surface area (Å²) < 4.78 is 5.92. The van der Waals surface area contributed by atoms with E-state index in [-0.39, 0.29) is 11.6 Å². The molecule has 0 saturated heterocycles. The van der Waals surface area contributed by atoms with E-state index in [2.05, 4.69) is 19.9 Å². The Morgan fingerprint density at radius 1 is 1.24 bits per heavy atom. The van der Waals surface area contributed by atoms with E-state index < -0.39 is 0 Å². The molecule has 110 valence electrons. The molecule has 1 aliphatic heterocycles. The van der Waals surface area contributed by atoms with E-state index in [0.717, 1.165) is 33.9 Å². The fourth-order valence-electron chi connectivity index (χ4n) is 2.96. The standard InChI is InChI=1S/C18H20ClNO/c1-11-14(5-4-6-15(11)19)17(20)12-7-8-16-13(9-12)10-18(2,3)21-16/h4-9,17H,10,20H2,1-3H3. The fraction of sp³-hybridized carbons (Fsp3) is 0.333. The topological polar surface area (TPSA) is 35.2 Å². The third kappa shape index (κ3) is 2.66. The van der Waals surface area contributed by atoms with Crippen molar-refractivity contribution in [3.8, 4) is 5.75 Å². The summed E-state index contributed by atoms with van der Waals surface area (Å²) in [7, 11) is 0. The summed E-state index contributed by atoms with van der Waals surface area (Å²) in [4.78, 5) is 0. The molecule has 2 nitrogen and oxygen atoms in total. The van der Waals surface area contributed by atoms with Gasteiger partial charge in [-0.25, -0.2) is 0 Å². The van der Waals surface area contributed by atoms with Gasteiger partial charge < -0.3 is 10.5 Å². The van der Waals surface area contributed by atoms with Gasteiger partial charge in [0, 0.05) is 11.4 Å². The van der Waals surface area contributed by atoms with Gasteiger partial charge in [0.05, 0.1) is 6.04 Å². The lowest BCUT2D eigenvalue weighted by Gasteiger charge is -2.17. The Morgan fingerprint density at radius 2 is 2.00 bits per heavy atom. The Morgan fingerprint density at radius 3 is 2.76 bits per heavy atom. The summed E-state index contributed by atoms with van der Waals surface area (Å²) >= 11 is 6.20. The first-order chi connectivity index (χ1) is 9.87. The highest BCUT2D eigenvalue weighted by atomic mass is 35.5.